The summed E-state index contributed by atoms with van der Waals surface area (Å²) in [6.07, 6.45) is 6.83. The predicted molar refractivity (Wildman–Crippen MR) is 95.7 cm³/mol. The van der Waals surface area contributed by atoms with E-state index in [1.807, 2.05) is 12.1 Å². The van der Waals surface area contributed by atoms with E-state index in [1.54, 1.807) is 23.9 Å². The molecule has 1 aromatic heterocycles. The van der Waals surface area contributed by atoms with Crippen LogP contribution >= 0.6 is 23.1 Å². The molecule has 1 heterocycles. The van der Waals surface area contributed by atoms with Crippen molar-refractivity contribution >= 4 is 34.1 Å². The number of aromatic nitrogens is 2. The number of nitrogens with one attached hydrogen (secondary N) is 1. The summed E-state index contributed by atoms with van der Waals surface area (Å²) in [6.45, 7) is 0. The Morgan fingerprint density at radius 2 is 2.17 bits per heavy atom. The Labute approximate surface area is 148 Å². The van der Waals surface area contributed by atoms with Gasteiger partial charge >= 0.3 is 0 Å². The fraction of sp³-hybridized carbons (Fsp3) is 0.294. The molecule has 0 bridgehead atoms. The van der Waals surface area contributed by atoms with Gasteiger partial charge in [-0.3, -0.25) is 4.79 Å². The summed E-state index contributed by atoms with van der Waals surface area (Å²) in [5.74, 6) is 0.814. The van der Waals surface area contributed by atoms with E-state index < -0.39 is 0 Å². The molecule has 0 spiro atoms. The number of anilines is 1. The highest BCUT2D eigenvalue weighted by atomic mass is 32.2. The number of thioether (sulfide) groups is 1. The SMILES string of the molecule is N#Cc1ccc(CSc2nnc(NC(=O)[C@H]3CC=CCC3)s2)cc1. The molecule has 5 nitrogen and oxygen atoms in total. The summed E-state index contributed by atoms with van der Waals surface area (Å²) in [4.78, 5) is 12.2. The van der Waals surface area contributed by atoms with Crippen molar-refractivity contribution < 1.29 is 4.79 Å². The van der Waals surface area contributed by atoms with Crippen LogP contribution in [0.2, 0.25) is 0 Å². The Kier molecular flexibility index (Phi) is 5.62. The molecule has 0 radical (unpaired) electrons. The molecule has 3 rings (SSSR count). The number of carbonyl (C=O) groups is 1. The van der Waals surface area contributed by atoms with Crippen molar-refractivity contribution in [1.82, 2.24) is 10.2 Å². The molecule has 0 unspecified atom stereocenters. The lowest BCUT2D eigenvalue weighted by Crippen LogP contribution is -2.23. The van der Waals surface area contributed by atoms with Crippen molar-refractivity contribution in [3.05, 3.63) is 47.5 Å². The highest BCUT2D eigenvalue weighted by molar-refractivity contribution is 8.00. The van der Waals surface area contributed by atoms with E-state index in [-0.39, 0.29) is 11.8 Å². The number of rotatable bonds is 5. The predicted octanol–water partition coefficient (Wildman–Crippen LogP) is 4.00. The first kappa shape index (κ1) is 16.7. The molecule has 122 valence electrons. The third kappa shape index (κ3) is 4.43. The van der Waals surface area contributed by atoms with Gasteiger partial charge < -0.3 is 5.32 Å². The molecule has 1 aliphatic carbocycles. The number of benzene rings is 1. The van der Waals surface area contributed by atoms with E-state index in [4.69, 9.17) is 5.26 Å². The van der Waals surface area contributed by atoms with E-state index in [1.165, 1.54) is 11.3 Å². The average Bonchev–Trinajstić information content (AvgIpc) is 3.08. The molecular weight excluding hydrogens is 340 g/mol. The number of carbonyl (C=O) groups excluding carboxylic acids is 1. The second-order valence-corrected chi connectivity index (χ2v) is 7.64. The summed E-state index contributed by atoms with van der Waals surface area (Å²) in [6, 6.07) is 9.59. The van der Waals surface area contributed by atoms with Crippen LogP contribution < -0.4 is 5.32 Å². The van der Waals surface area contributed by atoms with Gasteiger partial charge in [0, 0.05) is 11.7 Å². The number of nitriles is 1. The van der Waals surface area contributed by atoms with E-state index >= 15 is 0 Å². The van der Waals surface area contributed by atoms with Gasteiger partial charge in [0.15, 0.2) is 4.34 Å². The number of amides is 1. The molecule has 24 heavy (non-hydrogen) atoms. The molecule has 0 fully saturated rings. The normalized spacial score (nSPS) is 16.5. The lowest BCUT2D eigenvalue weighted by molar-refractivity contribution is -0.120. The zero-order chi connectivity index (χ0) is 16.8. The molecule has 1 aromatic carbocycles. The van der Waals surface area contributed by atoms with E-state index in [0.29, 0.717) is 10.7 Å². The number of allylic oxidation sites excluding steroid dienone is 2. The Morgan fingerprint density at radius 3 is 2.88 bits per heavy atom. The maximum Gasteiger partial charge on any atom is 0.229 e. The summed E-state index contributed by atoms with van der Waals surface area (Å²) in [5.41, 5.74) is 1.77. The second-order valence-electron chi connectivity index (χ2n) is 5.44. The minimum atomic E-state index is 0.0270. The van der Waals surface area contributed by atoms with E-state index in [2.05, 4.69) is 33.7 Å². The van der Waals surface area contributed by atoms with Gasteiger partial charge in [-0.2, -0.15) is 5.26 Å². The fourth-order valence-corrected chi connectivity index (χ4v) is 4.09. The second kappa shape index (κ2) is 8.08. The Hall–Kier alpha value is -2.17. The zero-order valence-corrected chi connectivity index (χ0v) is 14.6. The molecule has 0 saturated carbocycles. The molecule has 0 aliphatic heterocycles. The molecule has 7 heteroatoms. The van der Waals surface area contributed by atoms with Crippen LogP contribution in [0.25, 0.3) is 0 Å². The van der Waals surface area contributed by atoms with Crippen molar-refractivity contribution in [3.8, 4) is 6.07 Å². The van der Waals surface area contributed by atoms with Crippen molar-refractivity contribution in [2.75, 3.05) is 5.32 Å². The van der Waals surface area contributed by atoms with Crippen LogP contribution in [0.3, 0.4) is 0 Å². The lowest BCUT2D eigenvalue weighted by Gasteiger charge is -2.15. The monoisotopic (exact) mass is 356 g/mol. The Morgan fingerprint density at radius 1 is 1.33 bits per heavy atom. The van der Waals surface area contributed by atoms with E-state index in [0.717, 1.165) is 34.9 Å². The van der Waals surface area contributed by atoms with Crippen molar-refractivity contribution in [1.29, 1.82) is 5.26 Å². The van der Waals surface area contributed by atoms with Gasteiger partial charge in [-0.25, -0.2) is 0 Å². The van der Waals surface area contributed by atoms with Gasteiger partial charge in [-0.1, -0.05) is 47.4 Å². The lowest BCUT2D eigenvalue weighted by atomic mass is 9.94. The topological polar surface area (TPSA) is 78.7 Å². The van der Waals surface area contributed by atoms with Crippen LogP contribution in [0.15, 0.2) is 40.8 Å². The van der Waals surface area contributed by atoms with Gasteiger partial charge in [0.05, 0.1) is 11.6 Å². The minimum absolute atomic E-state index is 0.0270. The van der Waals surface area contributed by atoms with Crippen LogP contribution in [0.5, 0.6) is 0 Å². The minimum Gasteiger partial charge on any atom is -0.300 e. The van der Waals surface area contributed by atoms with Crippen molar-refractivity contribution in [2.24, 2.45) is 5.92 Å². The highest BCUT2D eigenvalue weighted by Crippen LogP contribution is 2.29. The third-order valence-corrected chi connectivity index (χ3v) is 5.76. The molecule has 1 atom stereocenters. The maximum absolute atomic E-state index is 12.2. The summed E-state index contributed by atoms with van der Waals surface area (Å²) in [7, 11) is 0. The Balaban J connectivity index is 1.52. The zero-order valence-electron chi connectivity index (χ0n) is 12.9. The number of hydrogen-bond donors (Lipinski definition) is 1. The summed E-state index contributed by atoms with van der Waals surface area (Å²) < 4.78 is 0.818. The molecule has 0 saturated heterocycles. The Bertz CT molecular complexity index is 777. The van der Waals surface area contributed by atoms with Gasteiger partial charge in [0.2, 0.25) is 11.0 Å². The van der Waals surface area contributed by atoms with E-state index in [9.17, 15) is 4.79 Å². The molecular formula is C17H16N4OS2. The maximum atomic E-state index is 12.2. The smallest absolute Gasteiger partial charge is 0.229 e. The number of nitrogens with zero attached hydrogens (tertiary/aromatic N) is 3. The fourth-order valence-electron chi connectivity index (χ4n) is 2.38. The first-order chi connectivity index (χ1) is 11.7. The largest absolute Gasteiger partial charge is 0.300 e. The summed E-state index contributed by atoms with van der Waals surface area (Å²) >= 11 is 2.96. The summed E-state index contributed by atoms with van der Waals surface area (Å²) in [5, 5.41) is 20.4. The van der Waals surface area contributed by atoms with Crippen LogP contribution in [0.1, 0.15) is 30.4 Å². The van der Waals surface area contributed by atoms with Gasteiger partial charge in [0.25, 0.3) is 0 Å². The first-order valence-corrected chi connectivity index (χ1v) is 9.46. The van der Waals surface area contributed by atoms with Crippen molar-refractivity contribution in [2.45, 2.75) is 29.4 Å². The van der Waals surface area contributed by atoms with Gasteiger partial charge in [0.1, 0.15) is 0 Å². The van der Waals surface area contributed by atoms with Crippen LogP contribution in [0.4, 0.5) is 5.13 Å². The number of hydrogen-bond acceptors (Lipinski definition) is 6. The highest BCUT2D eigenvalue weighted by Gasteiger charge is 2.20. The van der Waals surface area contributed by atoms with Gasteiger partial charge in [-0.05, 0) is 37.0 Å². The van der Waals surface area contributed by atoms with Crippen molar-refractivity contribution in [3.63, 3.8) is 0 Å². The van der Waals surface area contributed by atoms with Crippen LogP contribution in [-0.4, -0.2) is 16.1 Å². The molecule has 1 N–H and O–H groups in total. The third-order valence-electron chi connectivity index (χ3n) is 3.72. The first-order valence-electron chi connectivity index (χ1n) is 7.66. The van der Waals surface area contributed by atoms with Crippen LogP contribution in [0, 0.1) is 17.2 Å². The molecule has 2 aromatic rings. The standard InChI is InChI=1S/C17H16N4OS2/c18-10-12-6-8-13(9-7-12)11-23-17-21-20-16(24-17)19-15(22)14-4-2-1-3-5-14/h1-2,6-9,14H,3-5,11H2,(H,19,20,22)/t14-/m0/s1. The quantitative estimate of drug-likeness (QED) is 0.498. The van der Waals surface area contributed by atoms with Crippen LogP contribution in [-0.2, 0) is 10.5 Å². The van der Waals surface area contributed by atoms with Gasteiger partial charge in [-0.15, -0.1) is 10.2 Å². The molecule has 1 aliphatic rings. The molecule has 1 amide bonds. The average molecular weight is 356 g/mol.